The number of para-hydroxylation sites is 10. The second-order valence-electron chi connectivity index (χ2n) is 31.5. The van der Waals surface area contributed by atoms with Gasteiger partial charge in [-0.15, -0.1) is 0 Å². The standard InChI is InChI=1S/C43H27N2PSe.C34H22N3PSe.C32H20N5P.H2Se/c47-46(32-21-19-28-9-1-2-11-31(28)25-32,33-22-20-30-18-17-29-10-3-4-12-35(29)38(30)26-33)34-23-24-36-37-13-5-7-15-41(37)45-42-16-8-6-14-40(42)44-43(45)39(36)27-34;39-38(24-11-2-1-3-12-24,26-20-23-10-4-6-14-30(23)35-22-26)25-18-19-27-28-13-5-8-16-32(28)37-33-17-9-7-15-31(33)36-34(37)29(27)21-25;1-3-7-30-26(5-1)25-12-11-23(17-27(25)32-36-28-6-2-4-8-31(28)37(30)32)38(22-13-15-33-16-14-22)24-10-9-21-19-34-20-35-29(21)18-24;/h1-27H;1-22H;1-20H;1H2. The summed E-state index contributed by atoms with van der Waals surface area (Å²) >= 11 is 7.60. The Hall–Kier alpha value is -13.3. The molecule has 0 amide bonds. The van der Waals surface area contributed by atoms with Gasteiger partial charge in [0.25, 0.3) is 0 Å². The van der Waals surface area contributed by atoms with Crippen LogP contribution in [0.15, 0.2) is 419 Å². The molecule has 0 saturated heterocycles. The smallest absolute Gasteiger partial charge is 0.146 e. The topological polar surface area (TPSA) is 103 Å². The van der Waals surface area contributed by atoms with Crippen LogP contribution in [0.3, 0.4) is 0 Å². The number of fused-ring (bicyclic) bond motifs is 30. The molecular weight excluding hydrogens is 1780 g/mol. The summed E-state index contributed by atoms with van der Waals surface area (Å²) < 4.78 is 6.96. The first-order chi connectivity index (χ1) is 61.2. The van der Waals surface area contributed by atoms with Crippen molar-refractivity contribution in [2.75, 3.05) is 0 Å². The number of nitrogens with zero attached hydrogens (tertiary/aromatic N) is 10. The van der Waals surface area contributed by atoms with Crippen molar-refractivity contribution in [2.45, 2.75) is 0 Å². The van der Waals surface area contributed by atoms with Gasteiger partial charge in [-0.05, 0) is 71.7 Å². The van der Waals surface area contributed by atoms with E-state index in [-0.39, 0.29) is 17.1 Å². The minimum Gasteiger partial charge on any atom is -0.292 e. The molecule has 0 aliphatic rings. The maximum absolute atomic E-state index is 5.24. The van der Waals surface area contributed by atoms with Crippen LogP contribution in [0.2, 0.25) is 0 Å². The van der Waals surface area contributed by atoms with E-state index >= 15 is 0 Å². The molecular formula is C109H71N10P3Se3. The van der Waals surface area contributed by atoms with Crippen LogP contribution in [-0.2, 0) is 0 Å². The Morgan fingerprint density at radius 1 is 0.224 bits per heavy atom. The first kappa shape index (κ1) is 76.6. The first-order valence-corrected chi connectivity index (χ1v) is 50.7. The predicted octanol–water partition coefficient (Wildman–Crippen LogP) is 21.3. The minimum atomic E-state index is -2.25. The van der Waals surface area contributed by atoms with Gasteiger partial charge >= 0.3 is 531 Å². The number of hydrogen-bond donors (Lipinski definition) is 0. The van der Waals surface area contributed by atoms with E-state index in [9.17, 15) is 0 Å². The molecule has 9 aromatic heterocycles. The van der Waals surface area contributed by atoms with Crippen molar-refractivity contribution in [3.8, 4) is 0 Å². The van der Waals surface area contributed by atoms with Gasteiger partial charge in [0.05, 0.1) is 22.1 Å². The molecule has 0 saturated carbocycles. The van der Waals surface area contributed by atoms with Crippen molar-refractivity contribution in [3.63, 3.8) is 0 Å². The van der Waals surface area contributed by atoms with Gasteiger partial charge in [-0.2, -0.15) is 0 Å². The van der Waals surface area contributed by atoms with Gasteiger partial charge < -0.3 is 0 Å². The number of rotatable bonds is 9. The molecule has 26 rings (SSSR count). The summed E-state index contributed by atoms with van der Waals surface area (Å²) in [5.74, 6) is 0. The Balaban J connectivity index is 0.000000108. The second-order valence-corrected chi connectivity index (χ2v) is 46.1. The summed E-state index contributed by atoms with van der Waals surface area (Å²) in [4.78, 5) is 33.4. The fourth-order valence-electron chi connectivity index (χ4n) is 18.8. The van der Waals surface area contributed by atoms with Gasteiger partial charge in [0.15, 0.2) is 0 Å². The normalized spacial score (nSPS) is 13.1. The third-order valence-corrected chi connectivity index (χ3v) is 41.0. The zero-order chi connectivity index (χ0) is 82.1. The van der Waals surface area contributed by atoms with Crippen LogP contribution in [0, 0.1) is 0 Å². The van der Waals surface area contributed by atoms with Crippen molar-refractivity contribution in [1.29, 1.82) is 0 Å². The predicted molar refractivity (Wildman–Crippen MR) is 538 cm³/mol. The van der Waals surface area contributed by atoms with Crippen LogP contribution in [0.4, 0.5) is 0 Å². The van der Waals surface area contributed by atoms with E-state index in [4.69, 9.17) is 19.9 Å². The van der Waals surface area contributed by atoms with Crippen molar-refractivity contribution in [2.24, 2.45) is 0 Å². The molecule has 0 aliphatic heterocycles. The zero-order valence-electron chi connectivity index (χ0n) is 67.0. The van der Waals surface area contributed by atoms with Gasteiger partial charge in [0.1, 0.15) is 12.0 Å². The van der Waals surface area contributed by atoms with E-state index in [2.05, 4.69) is 447 Å². The Morgan fingerprint density at radius 2 is 0.616 bits per heavy atom. The summed E-state index contributed by atoms with van der Waals surface area (Å²) in [5.41, 5.74) is 10.5. The summed E-state index contributed by atoms with van der Waals surface area (Å²) in [6.45, 7) is 0. The summed E-state index contributed by atoms with van der Waals surface area (Å²) in [6, 6.07) is 140. The number of benzene rings is 17. The third kappa shape index (κ3) is 12.7. The molecule has 0 radical (unpaired) electrons. The molecule has 125 heavy (non-hydrogen) atoms. The summed E-state index contributed by atoms with van der Waals surface area (Å²) in [7, 11) is -0.852. The van der Waals surface area contributed by atoms with Crippen LogP contribution < -0.4 is 47.7 Å². The Kier molecular flexibility index (Phi) is 19.1. The quantitative estimate of drug-likeness (QED) is 0.0805. The van der Waals surface area contributed by atoms with Gasteiger partial charge in [0.2, 0.25) is 0 Å². The Labute approximate surface area is 744 Å². The zero-order valence-corrected chi connectivity index (χ0v) is 75.2. The fourth-order valence-corrected chi connectivity index (χ4v) is 30.6. The van der Waals surface area contributed by atoms with Gasteiger partial charge in [-0.3, -0.25) is 9.38 Å². The molecule has 3 unspecified atom stereocenters. The van der Waals surface area contributed by atoms with Crippen molar-refractivity contribution in [1.82, 2.24) is 48.1 Å². The van der Waals surface area contributed by atoms with Crippen molar-refractivity contribution >= 4 is 283 Å². The van der Waals surface area contributed by atoms with Crippen LogP contribution in [-0.4, -0.2) is 95.4 Å². The van der Waals surface area contributed by atoms with Gasteiger partial charge in [-0.25, -0.2) is 15.0 Å². The minimum absolute atomic E-state index is 0. The van der Waals surface area contributed by atoms with Crippen LogP contribution >= 0.6 is 18.9 Å². The Bertz CT molecular complexity index is 9030. The van der Waals surface area contributed by atoms with E-state index in [1.807, 2.05) is 24.7 Å². The molecule has 0 spiro atoms. The molecule has 10 nitrogen and oxygen atoms in total. The average molecular weight is 1850 g/mol. The molecule has 590 valence electrons. The average Bonchev–Trinajstić information content (AvgIpc) is 1.54. The number of imidazole rings is 3. The molecule has 0 fully saturated rings. The van der Waals surface area contributed by atoms with E-state index in [0.717, 1.165) is 82.6 Å². The van der Waals surface area contributed by atoms with Crippen LogP contribution in [0.1, 0.15) is 0 Å². The fraction of sp³-hybridized carbons (Fsp3) is 0. The number of hydrogen-bond acceptors (Lipinski definition) is 7. The molecule has 3 atom stereocenters. The van der Waals surface area contributed by atoms with Crippen molar-refractivity contribution < 1.29 is 0 Å². The SMILES string of the molecule is [SeH2].[Se]=P(c1ccc2ccccc2c1)(c1ccc2ccc3ccccc3c2c1)c1ccc2c3ccccc3n3c4ccccc4nc3c2c1.[Se]=P(c1ccccc1)(c1cnc2ccccc2c1)c1ccc2c3ccccc3n3c4ccccc4nc3c2c1.c1ccc2c(c1)nc1c3cc(P(c4ccncc4)c4ccc5cncnc5c4)ccc3c3ccccc3n21. The second kappa shape index (κ2) is 31.2. The van der Waals surface area contributed by atoms with E-state index in [1.165, 1.54) is 134 Å². The first-order valence-electron chi connectivity index (χ1n) is 41.3. The largest absolute Gasteiger partial charge is 0.292 e. The van der Waals surface area contributed by atoms with Crippen molar-refractivity contribution in [3.05, 3.63) is 419 Å². The third-order valence-electron chi connectivity index (χ3n) is 24.6. The molecule has 26 aromatic rings. The summed E-state index contributed by atoms with van der Waals surface area (Å²) in [5, 5.41) is 32.1. The summed E-state index contributed by atoms with van der Waals surface area (Å²) in [6.07, 6.45) is 9.29. The maximum Gasteiger partial charge on any atom is 0.146 e. The van der Waals surface area contributed by atoms with Gasteiger partial charge in [0, 0.05) is 34.7 Å². The van der Waals surface area contributed by atoms with E-state index < -0.39 is 18.9 Å². The van der Waals surface area contributed by atoms with E-state index in [0.29, 0.717) is 0 Å². The molecule has 0 aliphatic carbocycles. The molecule has 16 heteroatoms. The molecule has 0 bridgehead atoms. The monoisotopic (exact) mass is 1850 g/mol. The number of aromatic nitrogens is 10. The number of pyridine rings is 5. The maximum atomic E-state index is 5.24. The Morgan fingerprint density at radius 3 is 1.19 bits per heavy atom. The van der Waals surface area contributed by atoms with Gasteiger partial charge in [-0.1, -0.05) is 54.6 Å². The van der Waals surface area contributed by atoms with Crippen LogP contribution in [0.5, 0.6) is 0 Å². The molecule has 17 aromatic carbocycles. The molecule has 9 heterocycles. The molecule has 0 N–H and O–H groups in total. The van der Waals surface area contributed by atoms with E-state index in [1.54, 1.807) is 6.33 Å². The van der Waals surface area contributed by atoms with Crippen LogP contribution in [0.25, 0.3) is 169 Å².